The van der Waals surface area contributed by atoms with E-state index in [4.69, 9.17) is 9.47 Å². The Hall–Kier alpha value is -2.75. The monoisotopic (exact) mass is 281 g/mol. The zero-order chi connectivity index (χ0) is 14.8. The fraction of sp³-hybridized carbons (Fsp3) is 0.118. The first-order chi connectivity index (χ1) is 10.2. The summed E-state index contributed by atoms with van der Waals surface area (Å²) < 4.78 is 10.7. The van der Waals surface area contributed by atoms with Gasteiger partial charge in [0.1, 0.15) is 0 Å². The summed E-state index contributed by atoms with van der Waals surface area (Å²) in [6.45, 7) is 0. The molecule has 0 aromatic heterocycles. The Morgan fingerprint density at radius 2 is 1.81 bits per heavy atom. The lowest BCUT2D eigenvalue weighted by Gasteiger charge is -2.10. The molecule has 0 radical (unpaired) electrons. The van der Waals surface area contributed by atoms with E-state index in [1.165, 1.54) is 0 Å². The Labute approximate surface area is 123 Å². The molecule has 1 heterocycles. The molecule has 0 aliphatic carbocycles. The number of carbonyl (C=O) groups excluding carboxylic acids is 1. The van der Waals surface area contributed by atoms with Crippen LogP contribution < -0.4 is 14.8 Å². The molecule has 2 aromatic rings. The van der Waals surface area contributed by atoms with Gasteiger partial charge < -0.3 is 14.8 Å². The average Bonchev–Trinajstić information content (AvgIpc) is 2.83. The van der Waals surface area contributed by atoms with Crippen molar-refractivity contribution in [3.8, 4) is 11.5 Å². The third-order valence-electron chi connectivity index (χ3n) is 3.44. The zero-order valence-electron chi connectivity index (χ0n) is 11.8. The van der Waals surface area contributed by atoms with Crippen LogP contribution in [-0.2, 0) is 4.79 Å². The van der Waals surface area contributed by atoms with E-state index < -0.39 is 0 Å². The number of amides is 1. The van der Waals surface area contributed by atoms with Crippen LogP contribution in [-0.4, -0.2) is 20.1 Å². The summed E-state index contributed by atoms with van der Waals surface area (Å²) >= 11 is 0. The summed E-state index contributed by atoms with van der Waals surface area (Å²) in [4.78, 5) is 12.1. The number of carbonyl (C=O) groups is 1. The third-order valence-corrected chi connectivity index (χ3v) is 3.44. The molecular formula is C17H15NO3. The zero-order valence-corrected chi connectivity index (χ0v) is 11.8. The van der Waals surface area contributed by atoms with E-state index in [9.17, 15) is 4.79 Å². The number of hydrogen-bond acceptors (Lipinski definition) is 3. The summed E-state index contributed by atoms with van der Waals surface area (Å²) in [5, 5.41) is 2.85. The van der Waals surface area contributed by atoms with Crippen LogP contribution in [0.3, 0.4) is 0 Å². The lowest BCUT2D eigenvalue weighted by molar-refractivity contribution is -0.110. The molecule has 1 aliphatic heterocycles. The highest BCUT2D eigenvalue weighted by atomic mass is 16.5. The van der Waals surface area contributed by atoms with Crippen LogP contribution >= 0.6 is 0 Å². The number of hydrogen-bond donors (Lipinski definition) is 1. The van der Waals surface area contributed by atoms with E-state index in [1.54, 1.807) is 14.2 Å². The number of anilines is 1. The Morgan fingerprint density at radius 1 is 1.00 bits per heavy atom. The molecule has 0 saturated heterocycles. The molecule has 1 aliphatic rings. The molecular weight excluding hydrogens is 266 g/mol. The number of methoxy groups -OCH3 is 2. The van der Waals surface area contributed by atoms with Crippen molar-refractivity contribution >= 4 is 23.2 Å². The third kappa shape index (κ3) is 2.25. The summed E-state index contributed by atoms with van der Waals surface area (Å²) in [6, 6.07) is 13.2. The number of rotatable bonds is 3. The van der Waals surface area contributed by atoms with E-state index in [0.717, 1.165) is 16.8 Å². The lowest BCUT2D eigenvalue weighted by Crippen LogP contribution is -2.03. The predicted octanol–water partition coefficient (Wildman–Crippen LogP) is 3.20. The van der Waals surface area contributed by atoms with Crippen molar-refractivity contribution in [2.45, 2.75) is 0 Å². The van der Waals surface area contributed by atoms with Gasteiger partial charge in [-0.3, -0.25) is 4.79 Å². The average molecular weight is 281 g/mol. The second-order valence-electron chi connectivity index (χ2n) is 4.64. The molecule has 0 bridgehead atoms. The number of nitrogens with one attached hydrogen (secondary N) is 1. The van der Waals surface area contributed by atoms with E-state index >= 15 is 0 Å². The minimum atomic E-state index is -0.110. The molecule has 106 valence electrons. The first-order valence-electron chi connectivity index (χ1n) is 6.58. The predicted molar refractivity (Wildman–Crippen MR) is 82.5 cm³/mol. The Balaban J connectivity index is 2.13. The van der Waals surface area contributed by atoms with Gasteiger partial charge >= 0.3 is 0 Å². The van der Waals surface area contributed by atoms with Gasteiger partial charge in [0.15, 0.2) is 11.5 Å². The van der Waals surface area contributed by atoms with Crippen molar-refractivity contribution in [1.82, 2.24) is 0 Å². The molecule has 0 atom stereocenters. The van der Waals surface area contributed by atoms with Crippen molar-refractivity contribution in [2.75, 3.05) is 19.5 Å². The quantitative estimate of drug-likeness (QED) is 0.879. The number of ether oxygens (including phenoxy) is 2. The van der Waals surface area contributed by atoms with E-state index in [1.807, 2.05) is 48.5 Å². The second kappa shape index (κ2) is 5.32. The van der Waals surface area contributed by atoms with Crippen LogP contribution in [0.25, 0.3) is 11.6 Å². The SMILES string of the molecule is COc1cccc(/C=C2/C(=O)Nc3ccccc32)c1OC. The van der Waals surface area contributed by atoms with Gasteiger partial charge in [-0.15, -0.1) is 0 Å². The Kier molecular flexibility index (Phi) is 3.36. The van der Waals surface area contributed by atoms with Crippen LogP contribution in [0.5, 0.6) is 11.5 Å². The van der Waals surface area contributed by atoms with Crippen molar-refractivity contribution in [3.63, 3.8) is 0 Å². The molecule has 4 nitrogen and oxygen atoms in total. The van der Waals surface area contributed by atoms with Crippen molar-refractivity contribution in [1.29, 1.82) is 0 Å². The van der Waals surface area contributed by atoms with Crippen LogP contribution in [0.15, 0.2) is 42.5 Å². The number of fused-ring (bicyclic) bond motifs is 1. The van der Waals surface area contributed by atoms with Gasteiger partial charge in [0.2, 0.25) is 0 Å². The molecule has 0 spiro atoms. The maximum absolute atomic E-state index is 12.1. The molecule has 1 N–H and O–H groups in total. The molecule has 1 amide bonds. The van der Waals surface area contributed by atoms with Crippen LogP contribution in [0.4, 0.5) is 5.69 Å². The summed E-state index contributed by atoms with van der Waals surface area (Å²) in [7, 11) is 3.18. The molecule has 2 aromatic carbocycles. The fourth-order valence-corrected chi connectivity index (χ4v) is 2.46. The Morgan fingerprint density at radius 3 is 2.57 bits per heavy atom. The van der Waals surface area contributed by atoms with Gasteiger partial charge in [0.05, 0.1) is 14.2 Å². The number of para-hydroxylation sites is 2. The molecule has 0 saturated carbocycles. The van der Waals surface area contributed by atoms with Crippen molar-refractivity contribution in [2.24, 2.45) is 0 Å². The topological polar surface area (TPSA) is 47.6 Å². The number of benzene rings is 2. The van der Waals surface area contributed by atoms with Gasteiger partial charge in [-0.2, -0.15) is 0 Å². The summed E-state index contributed by atoms with van der Waals surface area (Å²) in [5.41, 5.74) is 3.15. The minimum Gasteiger partial charge on any atom is -0.493 e. The second-order valence-corrected chi connectivity index (χ2v) is 4.64. The molecule has 4 heteroatoms. The Bertz CT molecular complexity index is 735. The minimum absolute atomic E-state index is 0.110. The van der Waals surface area contributed by atoms with E-state index in [0.29, 0.717) is 17.1 Å². The highest BCUT2D eigenvalue weighted by molar-refractivity contribution is 6.35. The summed E-state index contributed by atoms with van der Waals surface area (Å²) in [6.07, 6.45) is 1.82. The fourth-order valence-electron chi connectivity index (χ4n) is 2.46. The highest BCUT2D eigenvalue weighted by Gasteiger charge is 2.24. The maximum Gasteiger partial charge on any atom is 0.256 e. The van der Waals surface area contributed by atoms with Gasteiger partial charge in [0.25, 0.3) is 5.91 Å². The summed E-state index contributed by atoms with van der Waals surface area (Å²) in [5.74, 6) is 1.14. The van der Waals surface area contributed by atoms with Crippen LogP contribution in [0, 0.1) is 0 Å². The first-order valence-corrected chi connectivity index (χ1v) is 6.58. The van der Waals surface area contributed by atoms with Crippen molar-refractivity contribution in [3.05, 3.63) is 53.6 Å². The highest BCUT2D eigenvalue weighted by Crippen LogP contribution is 2.37. The lowest BCUT2D eigenvalue weighted by atomic mass is 10.0. The van der Waals surface area contributed by atoms with E-state index in [2.05, 4.69) is 5.32 Å². The van der Waals surface area contributed by atoms with Crippen LogP contribution in [0.2, 0.25) is 0 Å². The maximum atomic E-state index is 12.1. The van der Waals surface area contributed by atoms with Gasteiger partial charge in [-0.05, 0) is 18.2 Å². The first kappa shape index (κ1) is 13.2. The van der Waals surface area contributed by atoms with Gasteiger partial charge in [-0.25, -0.2) is 0 Å². The van der Waals surface area contributed by atoms with Gasteiger partial charge in [-0.1, -0.05) is 30.3 Å². The normalized spacial score (nSPS) is 14.8. The molecule has 0 unspecified atom stereocenters. The van der Waals surface area contributed by atoms with Gasteiger partial charge in [0, 0.05) is 22.4 Å². The molecule has 21 heavy (non-hydrogen) atoms. The standard InChI is InChI=1S/C17H15NO3/c1-20-15-9-5-6-11(16(15)21-2)10-13-12-7-3-4-8-14(12)18-17(13)19/h3-10H,1-2H3,(H,18,19)/b13-10+. The molecule has 0 fully saturated rings. The van der Waals surface area contributed by atoms with Crippen molar-refractivity contribution < 1.29 is 14.3 Å². The van der Waals surface area contributed by atoms with E-state index in [-0.39, 0.29) is 5.91 Å². The smallest absolute Gasteiger partial charge is 0.256 e. The van der Waals surface area contributed by atoms with Crippen LogP contribution in [0.1, 0.15) is 11.1 Å². The molecule has 3 rings (SSSR count). The largest absolute Gasteiger partial charge is 0.493 e.